The second-order valence-corrected chi connectivity index (χ2v) is 7.76. The van der Waals surface area contributed by atoms with Gasteiger partial charge in [-0.2, -0.15) is 0 Å². The maximum Gasteiger partial charge on any atom is 0.228 e. The molecule has 0 saturated heterocycles. The van der Waals surface area contributed by atoms with Crippen LogP contribution in [0.5, 0.6) is 5.75 Å². The van der Waals surface area contributed by atoms with Gasteiger partial charge >= 0.3 is 0 Å². The molecule has 1 amide bonds. The third-order valence-corrected chi connectivity index (χ3v) is 6.04. The van der Waals surface area contributed by atoms with Crippen LogP contribution in [0, 0.1) is 0 Å². The standard InChI is InChI=1S/C20H14Cl2N2O2S/c1-11(25)24(19-13(21)9-23-10-14(19)22)15-6-3-5-12-18-16(26-2)7-4-8-17(18)27-20(12)15/h3-10H,1-2H3. The predicted molar refractivity (Wildman–Crippen MR) is 113 cm³/mol. The third kappa shape index (κ3) is 2.92. The molecule has 0 aliphatic rings. The van der Waals surface area contributed by atoms with Crippen molar-refractivity contribution in [1.29, 1.82) is 0 Å². The van der Waals surface area contributed by atoms with E-state index >= 15 is 0 Å². The van der Waals surface area contributed by atoms with Gasteiger partial charge in [0.15, 0.2) is 0 Å². The largest absolute Gasteiger partial charge is 0.496 e. The summed E-state index contributed by atoms with van der Waals surface area (Å²) in [5.74, 6) is 0.604. The zero-order valence-corrected chi connectivity index (χ0v) is 16.8. The van der Waals surface area contributed by atoms with Crippen LogP contribution in [0.3, 0.4) is 0 Å². The van der Waals surface area contributed by atoms with Gasteiger partial charge in [-0.15, -0.1) is 11.3 Å². The molecule has 0 atom stereocenters. The smallest absolute Gasteiger partial charge is 0.228 e. The molecule has 2 aromatic heterocycles. The molecule has 0 fully saturated rings. The number of ether oxygens (including phenoxy) is 1. The van der Waals surface area contributed by atoms with Crippen molar-refractivity contribution < 1.29 is 9.53 Å². The van der Waals surface area contributed by atoms with Crippen molar-refractivity contribution in [1.82, 2.24) is 4.98 Å². The Kier molecular flexibility index (Phi) is 4.68. The summed E-state index contributed by atoms with van der Waals surface area (Å²) in [6.45, 7) is 1.49. The second-order valence-electron chi connectivity index (χ2n) is 5.90. The maximum absolute atomic E-state index is 12.6. The summed E-state index contributed by atoms with van der Waals surface area (Å²) in [5, 5.41) is 2.66. The van der Waals surface area contributed by atoms with E-state index in [2.05, 4.69) is 4.98 Å². The second kappa shape index (κ2) is 7.00. The number of aromatic nitrogens is 1. The number of anilines is 2. The van der Waals surface area contributed by atoms with Gasteiger partial charge in [-0.1, -0.05) is 41.4 Å². The highest BCUT2D eigenvalue weighted by molar-refractivity contribution is 7.26. The minimum absolute atomic E-state index is 0.193. The average Bonchev–Trinajstić information content (AvgIpc) is 3.03. The Bertz CT molecular complexity index is 1170. The average molecular weight is 417 g/mol. The van der Waals surface area contributed by atoms with E-state index in [1.165, 1.54) is 24.2 Å². The molecule has 136 valence electrons. The number of carbonyl (C=O) groups excluding carboxylic acids is 1. The number of methoxy groups -OCH3 is 1. The van der Waals surface area contributed by atoms with E-state index in [-0.39, 0.29) is 5.91 Å². The molecule has 0 radical (unpaired) electrons. The van der Waals surface area contributed by atoms with Crippen molar-refractivity contribution in [2.45, 2.75) is 6.92 Å². The van der Waals surface area contributed by atoms with Crippen LogP contribution < -0.4 is 9.64 Å². The van der Waals surface area contributed by atoms with Crippen LogP contribution in [0.15, 0.2) is 48.8 Å². The normalized spacial score (nSPS) is 11.1. The molecule has 2 heterocycles. The summed E-state index contributed by atoms with van der Waals surface area (Å²) >= 11 is 14.3. The van der Waals surface area contributed by atoms with E-state index in [1.807, 2.05) is 36.4 Å². The highest BCUT2D eigenvalue weighted by Gasteiger charge is 2.24. The van der Waals surface area contributed by atoms with Crippen molar-refractivity contribution in [2.75, 3.05) is 12.0 Å². The molecule has 0 saturated carbocycles. The van der Waals surface area contributed by atoms with Crippen LogP contribution in [0.4, 0.5) is 11.4 Å². The lowest BCUT2D eigenvalue weighted by Crippen LogP contribution is -2.23. The van der Waals surface area contributed by atoms with Gasteiger partial charge in [0.05, 0.1) is 33.2 Å². The number of halogens is 2. The van der Waals surface area contributed by atoms with Crippen LogP contribution in [0.1, 0.15) is 6.92 Å². The molecular formula is C20H14Cl2N2O2S. The first-order valence-corrected chi connectivity index (χ1v) is 9.68. The van der Waals surface area contributed by atoms with Crippen molar-refractivity contribution in [3.8, 4) is 5.75 Å². The maximum atomic E-state index is 12.6. The van der Waals surface area contributed by atoms with E-state index in [9.17, 15) is 4.79 Å². The molecular weight excluding hydrogens is 403 g/mol. The SMILES string of the molecule is COc1cccc2sc3c(N(C(C)=O)c4c(Cl)cncc4Cl)cccc3c12. The first-order valence-electron chi connectivity index (χ1n) is 8.11. The Balaban J connectivity index is 2.06. The van der Waals surface area contributed by atoms with Crippen LogP contribution in [-0.2, 0) is 4.79 Å². The lowest BCUT2D eigenvalue weighted by molar-refractivity contribution is -0.115. The van der Waals surface area contributed by atoms with E-state index in [0.29, 0.717) is 15.7 Å². The highest BCUT2D eigenvalue weighted by Crippen LogP contribution is 2.46. The van der Waals surface area contributed by atoms with Gasteiger partial charge in [0.25, 0.3) is 0 Å². The van der Waals surface area contributed by atoms with Crippen molar-refractivity contribution in [2.24, 2.45) is 0 Å². The van der Waals surface area contributed by atoms with Gasteiger partial charge in [-0.3, -0.25) is 14.7 Å². The molecule has 0 unspecified atom stereocenters. The predicted octanol–water partition coefficient (Wildman–Crippen LogP) is 6.45. The van der Waals surface area contributed by atoms with Gasteiger partial charge in [0, 0.05) is 34.8 Å². The van der Waals surface area contributed by atoms with Crippen molar-refractivity contribution in [3.63, 3.8) is 0 Å². The van der Waals surface area contributed by atoms with Crippen molar-refractivity contribution >= 4 is 72.0 Å². The van der Waals surface area contributed by atoms with Gasteiger partial charge in [-0.25, -0.2) is 0 Å². The summed E-state index contributed by atoms with van der Waals surface area (Å²) in [7, 11) is 1.65. The van der Waals surface area contributed by atoms with Crippen LogP contribution in [0.2, 0.25) is 10.0 Å². The highest BCUT2D eigenvalue weighted by atomic mass is 35.5. The monoisotopic (exact) mass is 416 g/mol. The number of pyridine rings is 1. The van der Waals surface area contributed by atoms with E-state index in [4.69, 9.17) is 27.9 Å². The zero-order valence-electron chi connectivity index (χ0n) is 14.5. The molecule has 0 spiro atoms. The minimum atomic E-state index is -0.193. The molecule has 4 rings (SSSR count). The molecule has 0 aliphatic carbocycles. The lowest BCUT2D eigenvalue weighted by Gasteiger charge is -2.24. The van der Waals surface area contributed by atoms with Gasteiger partial charge in [-0.05, 0) is 18.2 Å². The number of benzene rings is 2. The molecule has 0 aliphatic heterocycles. The first-order chi connectivity index (χ1) is 13.0. The lowest BCUT2D eigenvalue weighted by atomic mass is 10.1. The number of thiophene rings is 1. The fourth-order valence-electron chi connectivity index (χ4n) is 3.21. The number of carbonyl (C=O) groups is 1. The van der Waals surface area contributed by atoms with Crippen molar-refractivity contribution in [3.05, 3.63) is 58.8 Å². The molecule has 7 heteroatoms. The van der Waals surface area contributed by atoms with Crippen LogP contribution in [-0.4, -0.2) is 18.0 Å². The Morgan fingerprint density at radius 1 is 1.11 bits per heavy atom. The topological polar surface area (TPSA) is 42.4 Å². The summed E-state index contributed by atoms with van der Waals surface area (Å²) in [6, 6.07) is 11.7. The zero-order chi connectivity index (χ0) is 19.1. The Labute approximate surface area is 169 Å². The van der Waals surface area contributed by atoms with E-state index < -0.39 is 0 Å². The number of fused-ring (bicyclic) bond motifs is 3. The Morgan fingerprint density at radius 2 is 1.81 bits per heavy atom. The number of nitrogens with zero attached hydrogens (tertiary/aromatic N) is 2. The third-order valence-electron chi connectivity index (χ3n) is 4.29. The van der Waals surface area contributed by atoms with Crippen LogP contribution in [0.25, 0.3) is 20.2 Å². The summed E-state index contributed by atoms with van der Waals surface area (Å²) in [4.78, 5) is 18.1. The molecule has 0 N–H and O–H groups in total. The Hall–Kier alpha value is -2.34. The molecule has 0 bridgehead atoms. The van der Waals surface area contributed by atoms with E-state index in [1.54, 1.807) is 18.4 Å². The fraction of sp³-hybridized carbons (Fsp3) is 0.100. The fourth-order valence-corrected chi connectivity index (χ4v) is 4.97. The summed E-state index contributed by atoms with van der Waals surface area (Å²) in [5.41, 5.74) is 1.15. The van der Waals surface area contributed by atoms with Gasteiger partial charge < -0.3 is 4.74 Å². The summed E-state index contributed by atoms with van der Waals surface area (Å²) < 4.78 is 7.57. The quantitative estimate of drug-likeness (QED) is 0.385. The van der Waals surface area contributed by atoms with E-state index in [0.717, 1.165) is 31.6 Å². The number of hydrogen-bond donors (Lipinski definition) is 0. The molecule has 4 nitrogen and oxygen atoms in total. The number of hydrogen-bond acceptors (Lipinski definition) is 4. The summed E-state index contributed by atoms with van der Waals surface area (Å²) in [6.07, 6.45) is 2.96. The Morgan fingerprint density at radius 3 is 2.48 bits per heavy atom. The number of amides is 1. The van der Waals surface area contributed by atoms with Gasteiger partial charge in [0.2, 0.25) is 5.91 Å². The molecule has 2 aromatic carbocycles. The molecule has 4 aromatic rings. The first kappa shape index (κ1) is 18.0. The van der Waals surface area contributed by atoms with Gasteiger partial charge in [0.1, 0.15) is 5.75 Å². The minimum Gasteiger partial charge on any atom is -0.496 e. The number of rotatable bonds is 3. The molecule has 27 heavy (non-hydrogen) atoms. The van der Waals surface area contributed by atoms with Crippen LogP contribution >= 0.6 is 34.5 Å².